The molecule has 0 bridgehead atoms. The van der Waals surface area contributed by atoms with Gasteiger partial charge in [0.15, 0.2) is 11.0 Å². The van der Waals surface area contributed by atoms with Crippen molar-refractivity contribution in [1.29, 1.82) is 0 Å². The summed E-state index contributed by atoms with van der Waals surface area (Å²) in [5.41, 5.74) is 2.05. The number of hydrogen-bond acceptors (Lipinski definition) is 5. The lowest BCUT2D eigenvalue weighted by atomic mass is 10.2. The molecule has 0 radical (unpaired) electrons. The number of carbonyl (C=O) groups excluding carboxylic acids is 1. The van der Waals surface area contributed by atoms with Crippen LogP contribution in [0.3, 0.4) is 0 Å². The average Bonchev–Trinajstić information content (AvgIpc) is 3.25. The first-order chi connectivity index (χ1) is 17.2. The number of thioether (sulfide) groups is 1. The molecule has 1 aromatic heterocycles. The second kappa shape index (κ2) is 11.0. The zero-order valence-electron chi connectivity index (χ0n) is 19.0. The second-order valence-corrected chi connectivity index (χ2v) is 9.22. The number of aromatic nitrogens is 3. The van der Waals surface area contributed by atoms with Crippen molar-refractivity contribution in [2.45, 2.75) is 24.8 Å². The molecule has 1 heterocycles. The van der Waals surface area contributed by atoms with Gasteiger partial charge < -0.3 is 10.6 Å². The first kappa shape index (κ1) is 25.6. The first-order valence-corrected chi connectivity index (χ1v) is 12.2. The molecule has 3 aromatic carbocycles. The van der Waals surface area contributed by atoms with Crippen molar-refractivity contribution < 1.29 is 18.0 Å². The lowest BCUT2D eigenvalue weighted by Gasteiger charge is -2.12. The summed E-state index contributed by atoms with van der Waals surface area (Å²) in [5.74, 6) is 0.0656. The molecule has 0 fully saturated rings. The van der Waals surface area contributed by atoms with Crippen LogP contribution >= 0.6 is 23.4 Å². The minimum atomic E-state index is -4.49. The standard InChI is InChI=1S/C25H21ClF3N5OS/c1-16-5-9-19(10-6-16)30-14-22-32-33-24(34(22)21-11-7-18(26)8-12-21)36-15-23(35)31-20-4-2-3-17(13-20)25(27,28)29/h2-13,30H,14-15H2,1H3,(H,31,35). The predicted octanol–water partition coefficient (Wildman–Crippen LogP) is 6.59. The number of halogens is 4. The maximum atomic E-state index is 12.9. The van der Waals surface area contributed by atoms with Crippen LogP contribution < -0.4 is 10.6 Å². The van der Waals surface area contributed by atoms with E-state index in [-0.39, 0.29) is 11.4 Å². The van der Waals surface area contributed by atoms with Crippen LogP contribution in [-0.2, 0) is 17.5 Å². The van der Waals surface area contributed by atoms with Gasteiger partial charge in [-0.3, -0.25) is 9.36 Å². The Bertz CT molecular complexity index is 1340. The van der Waals surface area contributed by atoms with Gasteiger partial charge >= 0.3 is 6.18 Å². The summed E-state index contributed by atoms with van der Waals surface area (Å²) in [7, 11) is 0. The van der Waals surface area contributed by atoms with Crippen molar-refractivity contribution in [2.24, 2.45) is 0 Å². The topological polar surface area (TPSA) is 71.8 Å². The van der Waals surface area contributed by atoms with Gasteiger partial charge in [0.25, 0.3) is 0 Å². The van der Waals surface area contributed by atoms with E-state index in [0.717, 1.165) is 40.8 Å². The van der Waals surface area contributed by atoms with E-state index in [1.54, 1.807) is 16.7 Å². The van der Waals surface area contributed by atoms with Crippen molar-refractivity contribution in [3.8, 4) is 5.69 Å². The number of nitrogens with zero attached hydrogens (tertiary/aromatic N) is 3. The molecule has 0 aliphatic heterocycles. The smallest absolute Gasteiger partial charge is 0.378 e. The van der Waals surface area contributed by atoms with Gasteiger partial charge in [0.05, 0.1) is 17.9 Å². The van der Waals surface area contributed by atoms with Crippen molar-refractivity contribution in [1.82, 2.24) is 14.8 Å². The Kier molecular flexibility index (Phi) is 7.85. The Morgan fingerprint density at radius 1 is 1.00 bits per heavy atom. The van der Waals surface area contributed by atoms with E-state index in [9.17, 15) is 18.0 Å². The van der Waals surface area contributed by atoms with E-state index < -0.39 is 17.6 Å². The lowest BCUT2D eigenvalue weighted by molar-refractivity contribution is -0.137. The zero-order valence-corrected chi connectivity index (χ0v) is 20.6. The van der Waals surface area contributed by atoms with Crippen molar-refractivity contribution >= 4 is 40.6 Å². The number of anilines is 2. The van der Waals surface area contributed by atoms with Gasteiger partial charge in [0.2, 0.25) is 5.91 Å². The number of amides is 1. The molecule has 0 unspecified atom stereocenters. The Balaban J connectivity index is 1.49. The lowest BCUT2D eigenvalue weighted by Crippen LogP contribution is -2.15. The maximum Gasteiger partial charge on any atom is 0.416 e. The van der Waals surface area contributed by atoms with E-state index in [1.807, 2.05) is 43.3 Å². The molecule has 0 saturated heterocycles. The third kappa shape index (κ3) is 6.58. The highest BCUT2D eigenvalue weighted by Gasteiger charge is 2.30. The zero-order chi connectivity index (χ0) is 25.7. The summed E-state index contributed by atoms with van der Waals surface area (Å²) in [6.45, 7) is 2.38. The summed E-state index contributed by atoms with van der Waals surface area (Å²) in [6, 6.07) is 19.5. The fraction of sp³-hybridized carbons (Fsp3) is 0.160. The Hall–Kier alpha value is -3.50. The summed E-state index contributed by atoms with van der Waals surface area (Å²) in [6.07, 6.45) is -4.49. The number of aryl methyl sites for hydroxylation is 1. The summed E-state index contributed by atoms with van der Waals surface area (Å²) in [4.78, 5) is 12.5. The Morgan fingerprint density at radius 3 is 2.42 bits per heavy atom. The minimum absolute atomic E-state index is 0.0672. The van der Waals surface area contributed by atoms with Crippen LogP contribution in [0, 0.1) is 6.92 Å². The molecule has 186 valence electrons. The molecular weight excluding hydrogens is 511 g/mol. The van der Waals surface area contributed by atoms with Crippen LogP contribution in [0.1, 0.15) is 17.0 Å². The SMILES string of the molecule is Cc1ccc(NCc2nnc(SCC(=O)Nc3cccc(C(F)(F)F)c3)n2-c2ccc(Cl)cc2)cc1. The fourth-order valence-electron chi connectivity index (χ4n) is 3.31. The van der Waals surface area contributed by atoms with E-state index >= 15 is 0 Å². The van der Waals surface area contributed by atoms with Crippen molar-refractivity contribution in [2.75, 3.05) is 16.4 Å². The molecule has 0 atom stereocenters. The molecule has 1 amide bonds. The molecule has 36 heavy (non-hydrogen) atoms. The highest BCUT2D eigenvalue weighted by atomic mass is 35.5. The van der Waals surface area contributed by atoms with Gasteiger partial charge in [0, 0.05) is 22.1 Å². The minimum Gasteiger partial charge on any atom is -0.378 e. The molecule has 0 aliphatic rings. The van der Waals surface area contributed by atoms with Gasteiger partial charge in [0.1, 0.15) is 0 Å². The molecule has 11 heteroatoms. The average molecular weight is 532 g/mol. The Labute approximate surface area is 214 Å². The first-order valence-electron chi connectivity index (χ1n) is 10.8. The summed E-state index contributed by atoms with van der Waals surface area (Å²) in [5, 5.41) is 15.4. The number of carbonyl (C=O) groups is 1. The molecule has 4 aromatic rings. The number of hydrogen-bond donors (Lipinski definition) is 2. The van der Waals surface area contributed by atoms with Crippen LogP contribution in [0.5, 0.6) is 0 Å². The van der Waals surface area contributed by atoms with Crippen LogP contribution in [0.4, 0.5) is 24.5 Å². The molecule has 0 spiro atoms. The highest BCUT2D eigenvalue weighted by Crippen LogP contribution is 2.31. The van der Waals surface area contributed by atoms with Gasteiger partial charge in [-0.1, -0.05) is 47.1 Å². The van der Waals surface area contributed by atoms with E-state index in [0.29, 0.717) is 22.5 Å². The third-order valence-electron chi connectivity index (χ3n) is 5.09. The molecule has 4 rings (SSSR count). The number of benzene rings is 3. The number of rotatable bonds is 8. The van der Waals surface area contributed by atoms with E-state index in [1.165, 1.54) is 12.1 Å². The molecule has 0 aliphatic carbocycles. The number of alkyl halides is 3. The molecule has 6 nitrogen and oxygen atoms in total. The molecular formula is C25H21ClF3N5OS. The highest BCUT2D eigenvalue weighted by molar-refractivity contribution is 7.99. The van der Waals surface area contributed by atoms with Gasteiger partial charge in [-0.05, 0) is 61.5 Å². The van der Waals surface area contributed by atoms with Crippen LogP contribution in [0.2, 0.25) is 5.02 Å². The second-order valence-electron chi connectivity index (χ2n) is 7.85. The quantitative estimate of drug-likeness (QED) is 0.251. The normalized spacial score (nSPS) is 11.4. The molecule has 2 N–H and O–H groups in total. The van der Waals surface area contributed by atoms with Gasteiger partial charge in [-0.2, -0.15) is 13.2 Å². The number of nitrogens with one attached hydrogen (secondary N) is 2. The van der Waals surface area contributed by atoms with Crippen LogP contribution in [0.15, 0.2) is 78.0 Å². The Morgan fingerprint density at radius 2 is 1.72 bits per heavy atom. The third-order valence-corrected chi connectivity index (χ3v) is 6.27. The van der Waals surface area contributed by atoms with E-state index in [2.05, 4.69) is 20.8 Å². The van der Waals surface area contributed by atoms with Gasteiger partial charge in [-0.15, -0.1) is 10.2 Å². The summed E-state index contributed by atoms with van der Waals surface area (Å²) < 4.78 is 40.7. The molecule has 0 saturated carbocycles. The largest absolute Gasteiger partial charge is 0.416 e. The predicted molar refractivity (Wildman–Crippen MR) is 136 cm³/mol. The van der Waals surface area contributed by atoms with E-state index in [4.69, 9.17) is 11.6 Å². The van der Waals surface area contributed by atoms with Crippen LogP contribution in [0.25, 0.3) is 5.69 Å². The summed E-state index contributed by atoms with van der Waals surface area (Å²) >= 11 is 7.17. The van der Waals surface area contributed by atoms with Crippen molar-refractivity contribution in [3.63, 3.8) is 0 Å². The monoisotopic (exact) mass is 531 g/mol. The van der Waals surface area contributed by atoms with Gasteiger partial charge in [-0.25, -0.2) is 0 Å². The fourth-order valence-corrected chi connectivity index (χ4v) is 4.21. The van der Waals surface area contributed by atoms with Crippen molar-refractivity contribution in [3.05, 3.63) is 94.8 Å². The van der Waals surface area contributed by atoms with Crippen LogP contribution in [-0.4, -0.2) is 26.4 Å². The maximum absolute atomic E-state index is 12.9.